The predicted octanol–water partition coefficient (Wildman–Crippen LogP) is 2.61. The third-order valence-corrected chi connectivity index (χ3v) is 3.02. The molecule has 0 aliphatic heterocycles. The second-order valence-electron chi connectivity index (χ2n) is 4.42. The fourth-order valence-electron chi connectivity index (χ4n) is 1.92. The fraction of sp³-hybridized carbons (Fsp3) is 0.133. The van der Waals surface area contributed by atoms with Crippen molar-refractivity contribution < 1.29 is 9.90 Å². The van der Waals surface area contributed by atoms with Crippen molar-refractivity contribution >= 4 is 5.97 Å². The number of hydrogen-bond acceptors (Lipinski definition) is 2. The van der Waals surface area contributed by atoms with E-state index in [2.05, 4.69) is 0 Å². The van der Waals surface area contributed by atoms with E-state index in [1.54, 1.807) is 12.1 Å². The van der Waals surface area contributed by atoms with Gasteiger partial charge in [0, 0.05) is 0 Å². The first-order valence-electron chi connectivity index (χ1n) is 5.70. The highest BCUT2D eigenvalue weighted by atomic mass is 16.4. The lowest BCUT2D eigenvalue weighted by Gasteiger charge is -2.23. The van der Waals surface area contributed by atoms with Crippen molar-refractivity contribution in [1.82, 2.24) is 0 Å². The summed E-state index contributed by atoms with van der Waals surface area (Å²) in [6.07, 6.45) is 0. The zero-order valence-electron chi connectivity index (χ0n) is 10.1. The number of hydrogen-bond donors (Lipinski definition) is 2. The van der Waals surface area contributed by atoms with Gasteiger partial charge in [-0.05, 0) is 23.6 Å². The third kappa shape index (κ3) is 2.13. The van der Waals surface area contributed by atoms with Crippen LogP contribution in [0.15, 0.2) is 54.6 Å². The van der Waals surface area contributed by atoms with Gasteiger partial charge in [-0.1, -0.05) is 54.6 Å². The molecule has 1 atom stereocenters. The molecule has 3 heteroatoms. The van der Waals surface area contributed by atoms with Crippen LogP contribution in [-0.4, -0.2) is 11.1 Å². The summed E-state index contributed by atoms with van der Waals surface area (Å²) in [6, 6.07) is 17.0. The van der Waals surface area contributed by atoms with Crippen molar-refractivity contribution in [3.05, 3.63) is 60.2 Å². The van der Waals surface area contributed by atoms with E-state index in [4.69, 9.17) is 5.73 Å². The smallest absolute Gasteiger partial charge is 0.328 e. The molecular weight excluding hydrogens is 226 g/mol. The van der Waals surface area contributed by atoms with Crippen molar-refractivity contribution in [1.29, 1.82) is 0 Å². The zero-order chi connectivity index (χ0) is 13.2. The molecule has 0 saturated heterocycles. The average molecular weight is 241 g/mol. The molecule has 2 aromatic carbocycles. The van der Waals surface area contributed by atoms with Crippen LogP contribution in [0.4, 0.5) is 0 Å². The maximum absolute atomic E-state index is 11.3. The van der Waals surface area contributed by atoms with Crippen molar-refractivity contribution in [2.45, 2.75) is 12.5 Å². The molecular formula is C15H15NO2. The quantitative estimate of drug-likeness (QED) is 0.868. The molecule has 0 amide bonds. The van der Waals surface area contributed by atoms with Crippen LogP contribution in [0.3, 0.4) is 0 Å². The second kappa shape index (κ2) is 4.63. The Morgan fingerprint density at radius 3 is 2.22 bits per heavy atom. The Morgan fingerprint density at radius 1 is 1.06 bits per heavy atom. The molecule has 0 heterocycles. The van der Waals surface area contributed by atoms with Crippen LogP contribution >= 0.6 is 0 Å². The van der Waals surface area contributed by atoms with Gasteiger partial charge in [0.1, 0.15) is 5.54 Å². The van der Waals surface area contributed by atoms with Crippen molar-refractivity contribution in [3.8, 4) is 11.1 Å². The summed E-state index contributed by atoms with van der Waals surface area (Å²) in [5, 5.41) is 9.24. The van der Waals surface area contributed by atoms with Gasteiger partial charge in [-0.2, -0.15) is 0 Å². The van der Waals surface area contributed by atoms with Gasteiger partial charge in [0.25, 0.3) is 0 Å². The first kappa shape index (κ1) is 12.3. The first-order valence-corrected chi connectivity index (χ1v) is 5.70. The molecule has 2 aromatic rings. The molecule has 18 heavy (non-hydrogen) atoms. The van der Waals surface area contributed by atoms with Crippen LogP contribution in [0.25, 0.3) is 11.1 Å². The summed E-state index contributed by atoms with van der Waals surface area (Å²) in [5.74, 6) is -1.04. The molecule has 92 valence electrons. The summed E-state index contributed by atoms with van der Waals surface area (Å²) < 4.78 is 0. The summed E-state index contributed by atoms with van der Waals surface area (Å²) in [4.78, 5) is 11.3. The lowest BCUT2D eigenvalue weighted by atomic mass is 9.86. The van der Waals surface area contributed by atoms with Crippen LogP contribution in [0.1, 0.15) is 12.5 Å². The number of carboxylic acids is 1. The molecule has 3 N–H and O–H groups in total. The Labute approximate surface area is 106 Å². The molecule has 0 aliphatic rings. The third-order valence-electron chi connectivity index (χ3n) is 3.02. The molecule has 0 saturated carbocycles. The number of carboxylic acid groups (broad SMARTS) is 1. The minimum Gasteiger partial charge on any atom is -0.480 e. The van der Waals surface area contributed by atoms with Crippen molar-refractivity contribution in [2.75, 3.05) is 0 Å². The van der Waals surface area contributed by atoms with Crippen molar-refractivity contribution in [3.63, 3.8) is 0 Å². The molecule has 0 aromatic heterocycles. The molecule has 3 nitrogen and oxygen atoms in total. The molecule has 0 aliphatic carbocycles. The molecule has 0 unspecified atom stereocenters. The number of rotatable bonds is 3. The highest BCUT2D eigenvalue weighted by molar-refractivity contribution is 5.84. The number of benzene rings is 2. The normalized spacial score (nSPS) is 13.9. The minimum absolute atomic E-state index is 0.615. The standard InChI is InChI=1S/C15H15NO2/c1-15(16,14(17)18)13-10-6-5-9-12(13)11-7-3-2-4-8-11/h2-10H,16H2,1H3,(H,17,18)/t15-/m1/s1. The summed E-state index contributed by atoms with van der Waals surface area (Å²) in [5.41, 5.74) is 6.95. The van der Waals surface area contributed by atoms with Crippen molar-refractivity contribution in [2.24, 2.45) is 5.73 Å². The number of carbonyl (C=O) groups is 1. The van der Waals surface area contributed by atoms with Gasteiger partial charge in [0.15, 0.2) is 0 Å². The lowest BCUT2D eigenvalue weighted by Crippen LogP contribution is -2.42. The van der Waals surface area contributed by atoms with Gasteiger partial charge in [-0.25, -0.2) is 4.79 Å². The van der Waals surface area contributed by atoms with E-state index in [-0.39, 0.29) is 0 Å². The Balaban J connectivity index is 2.61. The van der Waals surface area contributed by atoms with E-state index in [9.17, 15) is 9.90 Å². The summed E-state index contributed by atoms with van der Waals surface area (Å²) in [6.45, 7) is 1.51. The number of nitrogens with two attached hydrogens (primary N) is 1. The average Bonchev–Trinajstić information content (AvgIpc) is 2.39. The Hall–Kier alpha value is -2.13. The van der Waals surface area contributed by atoms with E-state index >= 15 is 0 Å². The SMILES string of the molecule is C[C@](N)(C(=O)O)c1ccccc1-c1ccccc1. The van der Waals surface area contributed by atoms with Crippen LogP contribution < -0.4 is 5.73 Å². The van der Waals surface area contributed by atoms with E-state index in [0.29, 0.717) is 5.56 Å². The van der Waals surface area contributed by atoms with Gasteiger partial charge >= 0.3 is 5.97 Å². The largest absolute Gasteiger partial charge is 0.480 e. The predicted molar refractivity (Wildman–Crippen MR) is 71.1 cm³/mol. The summed E-state index contributed by atoms with van der Waals surface area (Å²) in [7, 11) is 0. The Kier molecular flexibility index (Phi) is 3.17. The zero-order valence-corrected chi connectivity index (χ0v) is 10.1. The van der Waals surface area contributed by atoms with Gasteiger partial charge < -0.3 is 10.8 Å². The highest BCUT2D eigenvalue weighted by Crippen LogP contribution is 2.30. The van der Waals surface area contributed by atoms with Crippen LogP contribution in [-0.2, 0) is 10.3 Å². The van der Waals surface area contributed by atoms with E-state index in [1.807, 2.05) is 42.5 Å². The highest BCUT2D eigenvalue weighted by Gasteiger charge is 2.32. The van der Waals surface area contributed by atoms with Gasteiger partial charge in [-0.15, -0.1) is 0 Å². The molecule has 2 rings (SSSR count). The van der Waals surface area contributed by atoms with E-state index in [1.165, 1.54) is 6.92 Å². The van der Waals surface area contributed by atoms with Crippen LogP contribution in [0.5, 0.6) is 0 Å². The van der Waals surface area contributed by atoms with Crippen LogP contribution in [0, 0.1) is 0 Å². The lowest BCUT2D eigenvalue weighted by molar-refractivity contribution is -0.143. The Bertz CT molecular complexity index is 562. The first-order chi connectivity index (χ1) is 8.53. The maximum atomic E-state index is 11.3. The van der Waals surface area contributed by atoms with Crippen LogP contribution in [0.2, 0.25) is 0 Å². The van der Waals surface area contributed by atoms with Gasteiger partial charge in [0.05, 0.1) is 0 Å². The van der Waals surface area contributed by atoms with Gasteiger partial charge in [0.2, 0.25) is 0 Å². The number of aliphatic carboxylic acids is 1. The molecule has 0 spiro atoms. The molecule has 0 fully saturated rings. The van der Waals surface area contributed by atoms with Gasteiger partial charge in [-0.3, -0.25) is 0 Å². The topological polar surface area (TPSA) is 63.3 Å². The van der Waals surface area contributed by atoms with E-state index < -0.39 is 11.5 Å². The molecule has 0 radical (unpaired) electrons. The molecule has 0 bridgehead atoms. The monoisotopic (exact) mass is 241 g/mol. The maximum Gasteiger partial charge on any atom is 0.328 e. The fourth-order valence-corrected chi connectivity index (χ4v) is 1.92. The second-order valence-corrected chi connectivity index (χ2v) is 4.42. The summed E-state index contributed by atoms with van der Waals surface area (Å²) >= 11 is 0. The van der Waals surface area contributed by atoms with E-state index in [0.717, 1.165) is 11.1 Å². The minimum atomic E-state index is -1.40. The Morgan fingerprint density at radius 2 is 1.61 bits per heavy atom.